The summed E-state index contributed by atoms with van der Waals surface area (Å²) < 4.78 is 15.9. The van der Waals surface area contributed by atoms with E-state index in [1.807, 2.05) is 0 Å². The molecule has 2 N–H and O–H groups in total. The van der Waals surface area contributed by atoms with E-state index >= 15 is 0 Å². The van der Waals surface area contributed by atoms with Gasteiger partial charge < -0.3 is 10.0 Å². The monoisotopic (exact) mass is 324 g/mol. The fourth-order valence-corrected chi connectivity index (χ4v) is 1.73. The topological polar surface area (TPSA) is 66.9 Å². The minimum atomic E-state index is -0.354. The van der Waals surface area contributed by atoms with Crippen molar-refractivity contribution in [2.24, 2.45) is 0 Å². The molecule has 0 bridgehead atoms. The minimum absolute atomic E-state index is 0.0479. The molecule has 0 unspecified atom stereocenters. The van der Waals surface area contributed by atoms with E-state index in [1.54, 1.807) is 6.92 Å². The van der Waals surface area contributed by atoms with Gasteiger partial charge in [-0.3, -0.25) is 4.79 Å². The van der Waals surface area contributed by atoms with Gasteiger partial charge >= 0.3 is 0 Å². The van der Waals surface area contributed by atoms with Crippen LogP contribution in [-0.2, 0) is 0 Å². The first-order chi connectivity index (χ1) is 10.3. The average molecular weight is 324 g/mol. The maximum absolute atomic E-state index is 12.8. The molecule has 5 nitrogen and oxygen atoms in total. The molecule has 0 aromatic carbocycles. The molecule has 7 heteroatoms. The minimum Gasteiger partial charge on any atom is -0.347 e. The lowest BCUT2D eigenvalue weighted by Crippen LogP contribution is -2.24. The summed E-state index contributed by atoms with van der Waals surface area (Å²) in [6.07, 6.45) is 7.06. The lowest BCUT2D eigenvalue weighted by molar-refractivity contribution is 0.0952. The van der Waals surface area contributed by atoms with E-state index in [1.165, 1.54) is 42.6 Å². The Morgan fingerprint density at radius 1 is 1.36 bits per heavy atom. The molecule has 0 saturated heterocycles. The van der Waals surface area contributed by atoms with Crippen molar-refractivity contribution in [3.8, 4) is 0 Å². The van der Waals surface area contributed by atoms with Crippen molar-refractivity contribution in [3.63, 3.8) is 0 Å². The predicted molar refractivity (Wildman–Crippen MR) is 89.3 cm³/mol. The number of rotatable bonds is 6. The van der Waals surface area contributed by atoms with Crippen molar-refractivity contribution in [1.29, 1.82) is 0 Å². The third kappa shape index (κ3) is 7.21. The van der Waals surface area contributed by atoms with Crippen LogP contribution in [0.3, 0.4) is 0 Å². The van der Waals surface area contributed by atoms with Crippen LogP contribution in [0.15, 0.2) is 36.4 Å². The second-order valence-electron chi connectivity index (χ2n) is 5.39. The largest absolute Gasteiger partial charge is 0.347 e. The first-order valence-corrected chi connectivity index (χ1v) is 7.66. The van der Waals surface area contributed by atoms with Crippen molar-refractivity contribution in [1.82, 2.24) is 15.3 Å². The summed E-state index contributed by atoms with van der Waals surface area (Å²) in [5, 5.41) is 2.61. The molecule has 1 aromatic heterocycles. The first-order valence-electron chi connectivity index (χ1n) is 6.84. The molecule has 22 heavy (non-hydrogen) atoms. The number of amides is 1. The van der Waals surface area contributed by atoms with Gasteiger partial charge in [0.1, 0.15) is 11.5 Å². The van der Waals surface area contributed by atoms with E-state index < -0.39 is 0 Å². The Kier molecular flexibility index (Phi) is 7.04. The molecule has 0 aliphatic carbocycles. The lowest BCUT2D eigenvalue weighted by Gasteiger charge is -2.17. The van der Waals surface area contributed by atoms with Gasteiger partial charge in [0.2, 0.25) is 0 Å². The maximum atomic E-state index is 12.8. The van der Waals surface area contributed by atoms with E-state index in [9.17, 15) is 9.18 Å². The Labute approximate surface area is 134 Å². The smallest absolute Gasteiger partial charge is 0.271 e. The Hall–Kier alpha value is -1.89. The third-order valence-electron chi connectivity index (χ3n) is 2.28. The molecule has 1 rings (SSSR count). The van der Waals surface area contributed by atoms with Gasteiger partial charge in [-0.25, -0.2) is 14.4 Å². The molecule has 0 aliphatic rings. The van der Waals surface area contributed by atoms with Crippen LogP contribution < -0.4 is 10.0 Å². The predicted octanol–water partition coefficient (Wildman–Crippen LogP) is 3.49. The molecule has 0 saturated carbocycles. The second kappa shape index (κ2) is 8.53. The van der Waals surface area contributed by atoms with Gasteiger partial charge in [-0.05, 0) is 45.7 Å². The zero-order valence-electron chi connectivity index (χ0n) is 13.2. The van der Waals surface area contributed by atoms with E-state index in [-0.39, 0.29) is 28.7 Å². The highest BCUT2D eigenvalue weighted by molar-refractivity contribution is 8.01. The Balaban J connectivity index is 2.48. The van der Waals surface area contributed by atoms with Crippen molar-refractivity contribution < 1.29 is 9.18 Å². The van der Waals surface area contributed by atoms with E-state index in [4.69, 9.17) is 0 Å². The van der Waals surface area contributed by atoms with Gasteiger partial charge in [0.05, 0.1) is 12.4 Å². The van der Waals surface area contributed by atoms with E-state index in [0.717, 1.165) is 0 Å². The molecule has 1 heterocycles. The highest BCUT2D eigenvalue weighted by Gasteiger charge is 2.12. The number of nitrogens with zero attached hydrogens (tertiary/aromatic N) is 2. The molecule has 0 radical (unpaired) electrons. The Morgan fingerprint density at radius 3 is 2.64 bits per heavy atom. The number of carbonyl (C=O) groups excluding carboxylic acids is 1. The number of nitrogens with one attached hydrogen (secondary N) is 2. The zero-order valence-corrected chi connectivity index (χ0v) is 14.0. The quantitative estimate of drug-likeness (QED) is 0.619. The van der Waals surface area contributed by atoms with Crippen molar-refractivity contribution in [3.05, 3.63) is 42.1 Å². The summed E-state index contributed by atoms with van der Waals surface area (Å²) in [5.74, 6) is -0.111. The number of aromatic nitrogens is 2. The highest BCUT2D eigenvalue weighted by atomic mass is 32.2. The molecular formula is C15H21FN4OS. The van der Waals surface area contributed by atoms with Crippen LogP contribution in [0.5, 0.6) is 0 Å². The van der Waals surface area contributed by atoms with Crippen LogP contribution >= 0.6 is 11.9 Å². The number of halogens is 1. The fourth-order valence-electron chi connectivity index (χ4n) is 1.21. The van der Waals surface area contributed by atoms with Gasteiger partial charge in [0.15, 0.2) is 5.82 Å². The number of anilines is 1. The molecule has 1 amide bonds. The summed E-state index contributed by atoms with van der Waals surface area (Å²) in [5.41, 5.74) is 0.214. The third-order valence-corrected chi connectivity index (χ3v) is 3.20. The Morgan fingerprint density at radius 2 is 2.09 bits per heavy atom. The van der Waals surface area contributed by atoms with Gasteiger partial charge in [-0.1, -0.05) is 12.2 Å². The SMILES string of the molecule is C/C=C(F)\C=C/CNC(=O)c1cnc(NSC(C)(C)C)cn1. The summed E-state index contributed by atoms with van der Waals surface area (Å²) in [4.78, 5) is 20.0. The van der Waals surface area contributed by atoms with Crippen molar-refractivity contribution in [2.45, 2.75) is 32.4 Å². The lowest BCUT2D eigenvalue weighted by atomic mass is 10.3. The van der Waals surface area contributed by atoms with E-state index in [2.05, 4.69) is 40.8 Å². The van der Waals surface area contributed by atoms with Crippen LogP contribution in [0, 0.1) is 0 Å². The number of carbonyl (C=O) groups is 1. The molecular weight excluding hydrogens is 303 g/mol. The standard InChI is InChI=1S/C15H21FN4OS/c1-5-11(16)7-6-8-17-14(21)12-9-19-13(10-18-12)20-22-15(2,3)4/h5-7,9-10H,8H2,1-4H3,(H,17,21)(H,19,20)/b7-6-,11-5+. The van der Waals surface area contributed by atoms with Crippen LogP contribution in [0.1, 0.15) is 38.2 Å². The summed E-state index contributed by atoms with van der Waals surface area (Å²) >= 11 is 1.52. The van der Waals surface area contributed by atoms with E-state index in [0.29, 0.717) is 5.82 Å². The van der Waals surface area contributed by atoms with Gasteiger partial charge in [0, 0.05) is 11.3 Å². The van der Waals surface area contributed by atoms with Crippen LogP contribution in [0.4, 0.5) is 10.2 Å². The fraction of sp³-hybridized carbons (Fsp3) is 0.400. The molecule has 1 aromatic rings. The number of hydrogen-bond acceptors (Lipinski definition) is 5. The number of hydrogen-bond donors (Lipinski definition) is 2. The first kappa shape index (κ1) is 18.2. The van der Waals surface area contributed by atoms with Gasteiger partial charge in [0.25, 0.3) is 5.91 Å². The molecule has 0 spiro atoms. The average Bonchev–Trinajstić information content (AvgIpc) is 2.48. The second-order valence-corrected chi connectivity index (χ2v) is 7.02. The molecule has 0 fully saturated rings. The molecule has 0 aliphatic heterocycles. The van der Waals surface area contributed by atoms with Crippen LogP contribution in [0.2, 0.25) is 0 Å². The zero-order chi connectivity index (χ0) is 16.6. The Bertz CT molecular complexity index is 550. The molecule has 120 valence electrons. The van der Waals surface area contributed by atoms with Crippen LogP contribution in [-0.4, -0.2) is 27.2 Å². The van der Waals surface area contributed by atoms with Crippen molar-refractivity contribution >= 4 is 23.7 Å². The van der Waals surface area contributed by atoms with Crippen LogP contribution in [0.25, 0.3) is 0 Å². The summed E-state index contributed by atoms with van der Waals surface area (Å²) in [6, 6.07) is 0. The van der Waals surface area contributed by atoms with Crippen molar-refractivity contribution in [2.75, 3.05) is 11.3 Å². The van der Waals surface area contributed by atoms with Gasteiger partial charge in [-0.15, -0.1) is 0 Å². The normalized spacial score (nSPS) is 12.5. The maximum Gasteiger partial charge on any atom is 0.271 e. The highest BCUT2D eigenvalue weighted by Crippen LogP contribution is 2.23. The van der Waals surface area contributed by atoms with Gasteiger partial charge in [-0.2, -0.15) is 0 Å². The summed E-state index contributed by atoms with van der Waals surface area (Å²) in [7, 11) is 0. The summed E-state index contributed by atoms with van der Waals surface area (Å²) in [6.45, 7) is 8.04. The number of allylic oxidation sites excluding steroid dienone is 3. The molecule has 0 atom stereocenters.